The number of halogens is 3. The van der Waals surface area contributed by atoms with Gasteiger partial charge in [0.25, 0.3) is 5.91 Å². The first-order chi connectivity index (χ1) is 10.0. The SMILES string of the molecule is CNCc1ccccc1NC(=O)c1cc(F)c(Cl)cc1F. The van der Waals surface area contributed by atoms with Gasteiger partial charge in [-0.2, -0.15) is 0 Å². The summed E-state index contributed by atoms with van der Waals surface area (Å²) in [4.78, 5) is 12.1. The molecule has 0 aromatic heterocycles. The maximum absolute atomic E-state index is 13.7. The van der Waals surface area contributed by atoms with Crippen LogP contribution in [0.25, 0.3) is 0 Å². The van der Waals surface area contributed by atoms with Crippen molar-refractivity contribution in [3.05, 3.63) is 64.2 Å². The van der Waals surface area contributed by atoms with E-state index in [0.29, 0.717) is 12.2 Å². The number of hydrogen-bond acceptors (Lipinski definition) is 2. The fraction of sp³-hybridized carbons (Fsp3) is 0.133. The van der Waals surface area contributed by atoms with Crippen LogP contribution in [0.4, 0.5) is 14.5 Å². The Morgan fingerprint density at radius 3 is 2.62 bits per heavy atom. The molecule has 0 saturated heterocycles. The van der Waals surface area contributed by atoms with Gasteiger partial charge in [0.15, 0.2) is 0 Å². The Bertz CT molecular complexity index is 677. The molecule has 0 aliphatic heterocycles. The smallest absolute Gasteiger partial charge is 0.258 e. The van der Waals surface area contributed by atoms with E-state index >= 15 is 0 Å². The summed E-state index contributed by atoms with van der Waals surface area (Å²) in [5.74, 6) is -2.44. The zero-order chi connectivity index (χ0) is 15.4. The first-order valence-electron chi connectivity index (χ1n) is 6.21. The number of rotatable bonds is 4. The minimum atomic E-state index is -0.870. The van der Waals surface area contributed by atoms with Crippen LogP contribution in [0, 0.1) is 11.6 Å². The summed E-state index contributed by atoms with van der Waals surface area (Å²) in [5.41, 5.74) is 0.978. The lowest BCUT2D eigenvalue weighted by Gasteiger charge is -2.11. The molecule has 2 N–H and O–H groups in total. The van der Waals surface area contributed by atoms with Crippen LogP contribution in [-0.4, -0.2) is 13.0 Å². The van der Waals surface area contributed by atoms with E-state index in [-0.39, 0.29) is 5.02 Å². The molecule has 1 amide bonds. The second kappa shape index (κ2) is 6.65. The molecule has 2 aromatic carbocycles. The number of para-hydroxylation sites is 1. The molecule has 6 heteroatoms. The van der Waals surface area contributed by atoms with Crippen molar-refractivity contribution in [2.75, 3.05) is 12.4 Å². The Morgan fingerprint density at radius 1 is 1.19 bits per heavy atom. The molecular weight excluding hydrogens is 298 g/mol. The number of carbonyl (C=O) groups excluding carboxylic acids is 1. The quantitative estimate of drug-likeness (QED) is 0.847. The molecule has 0 fully saturated rings. The summed E-state index contributed by atoms with van der Waals surface area (Å²) in [5, 5.41) is 5.17. The maximum atomic E-state index is 13.7. The van der Waals surface area contributed by atoms with Crippen molar-refractivity contribution < 1.29 is 13.6 Å². The number of benzene rings is 2. The Balaban J connectivity index is 2.28. The van der Waals surface area contributed by atoms with Crippen LogP contribution < -0.4 is 10.6 Å². The summed E-state index contributed by atoms with van der Waals surface area (Å²) in [6, 6.07) is 8.65. The zero-order valence-electron chi connectivity index (χ0n) is 11.2. The third-order valence-electron chi connectivity index (χ3n) is 2.89. The van der Waals surface area contributed by atoms with Gasteiger partial charge < -0.3 is 10.6 Å². The predicted molar refractivity (Wildman–Crippen MR) is 78.5 cm³/mol. The van der Waals surface area contributed by atoms with Gasteiger partial charge >= 0.3 is 0 Å². The van der Waals surface area contributed by atoms with Gasteiger partial charge in [-0.25, -0.2) is 8.78 Å². The fourth-order valence-electron chi connectivity index (χ4n) is 1.87. The fourth-order valence-corrected chi connectivity index (χ4v) is 2.02. The molecule has 0 aliphatic rings. The van der Waals surface area contributed by atoms with Gasteiger partial charge in [0.2, 0.25) is 0 Å². The molecule has 0 bridgehead atoms. The highest BCUT2D eigenvalue weighted by Crippen LogP contribution is 2.21. The molecular formula is C15H13ClF2N2O. The normalized spacial score (nSPS) is 10.5. The zero-order valence-corrected chi connectivity index (χ0v) is 12.0. The third kappa shape index (κ3) is 3.56. The van der Waals surface area contributed by atoms with Crippen LogP contribution in [0.5, 0.6) is 0 Å². The van der Waals surface area contributed by atoms with Crippen molar-refractivity contribution in [2.45, 2.75) is 6.54 Å². The van der Waals surface area contributed by atoms with E-state index < -0.39 is 23.1 Å². The van der Waals surface area contributed by atoms with Crippen LogP contribution in [-0.2, 0) is 6.54 Å². The molecule has 2 rings (SSSR count). The Labute approximate surface area is 125 Å². The minimum absolute atomic E-state index is 0.361. The van der Waals surface area contributed by atoms with Crippen LogP contribution in [0.3, 0.4) is 0 Å². The van der Waals surface area contributed by atoms with Crippen LogP contribution in [0.1, 0.15) is 15.9 Å². The minimum Gasteiger partial charge on any atom is -0.322 e. The van der Waals surface area contributed by atoms with Crippen LogP contribution >= 0.6 is 11.6 Å². The monoisotopic (exact) mass is 310 g/mol. The predicted octanol–water partition coefficient (Wildman–Crippen LogP) is 3.59. The van der Waals surface area contributed by atoms with Crippen molar-refractivity contribution in [2.24, 2.45) is 0 Å². The van der Waals surface area contributed by atoms with Gasteiger partial charge in [0, 0.05) is 12.2 Å². The van der Waals surface area contributed by atoms with Crippen molar-refractivity contribution >= 4 is 23.2 Å². The lowest BCUT2D eigenvalue weighted by molar-refractivity contribution is 0.102. The molecule has 0 spiro atoms. The number of anilines is 1. The largest absolute Gasteiger partial charge is 0.322 e. The van der Waals surface area contributed by atoms with E-state index in [9.17, 15) is 13.6 Å². The number of carbonyl (C=O) groups is 1. The summed E-state index contributed by atoms with van der Waals surface area (Å²) in [6.07, 6.45) is 0. The standard InChI is InChI=1S/C15H13ClF2N2O/c1-19-8-9-4-2-3-5-14(9)20-15(21)10-6-13(18)11(16)7-12(10)17/h2-7,19H,8H2,1H3,(H,20,21). The van der Waals surface area contributed by atoms with E-state index in [4.69, 9.17) is 11.6 Å². The molecule has 21 heavy (non-hydrogen) atoms. The summed E-state index contributed by atoms with van der Waals surface area (Å²) in [6.45, 7) is 0.536. The molecule has 0 aliphatic carbocycles. The molecule has 3 nitrogen and oxygen atoms in total. The van der Waals surface area contributed by atoms with Gasteiger partial charge in [-0.15, -0.1) is 0 Å². The lowest BCUT2D eigenvalue weighted by Crippen LogP contribution is -2.17. The van der Waals surface area contributed by atoms with Crippen molar-refractivity contribution in [3.8, 4) is 0 Å². The number of hydrogen-bond donors (Lipinski definition) is 2. The van der Waals surface area contributed by atoms with E-state index in [1.54, 1.807) is 19.2 Å². The van der Waals surface area contributed by atoms with Crippen LogP contribution in [0.15, 0.2) is 36.4 Å². The highest BCUT2D eigenvalue weighted by molar-refractivity contribution is 6.30. The molecule has 0 radical (unpaired) electrons. The van der Waals surface area contributed by atoms with Crippen molar-refractivity contribution in [3.63, 3.8) is 0 Å². The van der Waals surface area contributed by atoms with E-state index in [1.807, 2.05) is 12.1 Å². The lowest BCUT2D eigenvalue weighted by atomic mass is 10.1. The molecule has 0 unspecified atom stereocenters. The molecule has 0 heterocycles. The Morgan fingerprint density at radius 2 is 1.90 bits per heavy atom. The highest BCUT2D eigenvalue weighted by Gasteiger charge is 2.16. The van der Waals surface area contributed by atoms with E-state index in [0.717, 1.165) is 17.7 Å². The second-order valence-corrected chi connectivity index (χ2v) is 4.79. The van der Waals surface area contributed by atoms with Crippen LogP contribution in [0.2, 0.25) is 5.02 Å². The molecule has 0 saturated carbocycles. The van der Waals surface area contributed by atoms with Gasteiger partial charge in [0.1, 0.15) is 11.6 Å². The molecule has 0 atom stereocenters. The number of nitrogens with one attached hydrogen (secondary N) is 2. The van der Waals surface area contributed by atoms with Gasteiger partial charge in [-0.3, -0.25) is 4.79 Å². The first-order valence-corrected chi connectivity index (χ1v) is 6.59. The molecule has 110 valence electrons. The summed E-state index contributed by atoms with van der Waals surface area (Å²) >= 11 is 5.46. The highest BCUT2D eigenvalue weighted by atomic mass is 35.5. The first kappa shape index (κ1) is 15.4. The molecule has 2 aromatic rings. The van der Waals surface area contributed by atoms with Gasteiger partial charge in [-0.05, 0) is 30.8 Å². The Kier molecular flexibility index (Phi) is 4.88. The van der Waals surface area contributed by atoms with Crippen molar-refractivity contribution in [1.82, 2.24) is 5.32 Å². The Hall–Kier alpha value is -1.98. The average molecular weight is 311 g/mol. The third-order valence-corrected chi connectivity index (χ3v) is 3.18. The summed E-state index contributed by atoms with van der Waals surface area (Å²) < 4.78 is 27.1. The summed E-state index contributed by atoms with van der Waals surface area (Å²) in [7, 11) is 1.77. The van der Waals surface area contributed by atoms with Gasteiger partial charge in [0.05, 0.1) is 10.6 Å². The van der Waals surface area contributed by atoms with Gasteiger partial charge in [-0.1, -0.05) is 29.8 Å². The number of amides is 1. The van der Waals surface area contributed by atoms with E-state index in [1.165, 1.54) is 0 Å². The second-order valence-electron chi connectivity index (χ2n) is 4.39. The van der Waals surface area contributed by atoms with E-state index in [2.05, 4.69) is 10.6 Å². The maximum Gasteiger partial charge on any atom is 0.258 e. The average Bonchev–Trinajstić information content (AvgIpc) is 2.45. The topological polar surface area (TPSA) is 41.1 Å². The van der Waals surface area contributed by atoms with Crippen molar-refractivity contribution in [1.29, 1.82) is 0 Å².